The highest BCUT2D eigenvalue weighted by Crippen LogP contribution is 2.29. The Kier molecular flexibility index (Phi) is 19.1. The van der Waals surface area contributed by atoms with Gasteiger partial charge >= 0.3 is 0 Å². The molecule has 0 aliphatic heterocycles. The van der Waals surface area contributed by atoms with E-state index in [1.54, 1.807) is 6.33 Å². The molecule has 1 aromatic rings. The molecule has 1 aromatic heterocycles. The SMILES string of the molecule is CC.CC(C)C.CC(C)C.CC(C)c1ncnc(C(C)C)c1C(C)C. The van der Waals surface area contributed by atoms with Gasteiger partial charge in [0.15, 0.2) is 0 Å². The first kappa shape index (κ1) is 28.9. The fraction of sp³-hybridized carbons (Fsp3) is 0.826. The van der Waals surface area contributed by atoms with Crippen LogP contribution in [0.1, 0.15) is 132 Å². The van der Waals surface area contributed by atoms with E-state index in [0.717, 1.165) is 11.8 Å². The molecule has 2 heteroatoms. The molecule has 150 valence electrons. The average Bonchev–Trinajstić information content (AvgIpc) is 2.47. The van der Waals surface area contributed by atoms with Crippen molar-refractivity contribution in [1.29, 1.82) is 0 Å². The second-order valence-electron chi connectivity index (χ2n) is 8.49. The minimum absolute atomic E-state index is 0.475. The molecular weight excluding hydrogens is 304 g/mol. The van der Waals surface area contributed by atoms with Gasteiger partial charge in [0, 0.05) is 0 Å². The first-order chi connectivity index (χ1) is 11.4. The van der Waals surface area contributed by atoms with E-state index in [-0.39, 0.29) is 0 Å². The molecule has 1 heterocycles. The Bertz CT molecular complexity index is 367. The Hall–Kier alpha value is -0.920. The summed E-state index contributed by atoms with van der Waals surface area (Å²) in [5, 5.41) is 0. The Morgan fingerprint density at radius 3 is 0.920 bits per heavy atom. The van der Waals surface area contributed by atoms with Gasteiger partial charge in [0.05, 0.1) is 11.4 Å². The van der Waals surface area contributed by atoms with Crippen molar-refractivity contribution in [2.75, 3.05) is 0 Å². The smallest absolute Gasteiger partial charge is 0.115 e. The van der Waals surface area contributed by atoms with Gasteiger partial charge < -0.3 is 0 Å². The Labute approximate surface area is 160 Å². The van der Waals surface area contributed by atoms with Crippen LogP contribution in [0.3, 0.4) is 0 Å². The molecule has 0 aliphatic rings. The summed E-state index contributed by atoms with van der Waals surface area (Å²) in [7, 11) is 0. The third-order valence-electron chi connectivity index (χ3n) is 2.62. The number of nitrogens with zero attached hydrogens (tertiary/aromatic N) is 2. The fourth-order valence-corrected chi connectivity index (χ4v) is 1.94. The molecule has 2 nitrogen and oxygen atoms in total. The quantitative estimate of drug-likeness (QED) is 0.547. The van der Waals surface area contributed by atoms with E-state index in [2.05, 4.69) is 93.1 Å². The number of rotatable bonds is 3. The number of hydrogen-bond acceptors (Lipinski definition) is 2. The Balaban J connectivity index is -0.000000402. The summed E-state index contributed by atoms with van der Waals surface area (Å²) in [5.41, 5.74) is 3.77. The van der Waals surface area contributed by atoms with E-state index in [4.69, 9.17) is 0 Å². The zero-order valence-corrected chi connectivity index (χ0v) is 19.9. The lowest BCUT2D eigenvalue weighted by Gasteiger charge is -2.19. The van der Waals surface area contributed by atoms with Crippen molar-refractivity contribution in [2.45, 2.75) is 115 Å². The van der Waals surface area contributed by atoms with Gasteiger partial charge in [-0.3, -0.25) is 0 Å². The van der Waals surface area contributed by atoms with Crippen LogP contribution in [0.4, 0.5) is 0 Å². The normalized spacial score (nSPS) is 10.2. The number of hydrogen-bond donors (Lipinski definition) is 0. The molecule has 0 saturated carbocycles. The lowest BCUT2D eigenvalue weighted by molar-refractivity contribution is 0.696. The standard InChI is InChI=1S/C13H22N2.2C4H10.C2H6/c1-8(2)11-12(9(3)4)14-7-15-13(11)10(5)6;2*1-4(2)3;1-2/h7-10H,1-6H3;2*4H,1-3H3;1-2H3. The van der Waals surface area contributed by atoms with E-state index in [1.165, 1.54) is 17.0 Å². The molecule has 0 fully saturated rings. The summed E-state index contributed by atoms with van der Waals surface area (Å²) in [6, 6.07) is 0. The topological polar surface area (TPSA) is 25.8 Å². The summed E-state index contributed by atoms with van der Waals surface area (Å²) in [6.07, 6.45) is 1.70. The molecule has 0 bridgehead atoms. The van der Waals surface area contributed by atoms with Gasteiger partial charge in [0.2, 0.25) is 0 Å². The van der Waals surface area contributed by atoms with E-state index < -0.39 is 0 Å². The second-order valence-corrected chi connectivity index (χ2v) is 8.49. The highest BCUT2D eigenvalue weighted by Gasteiger charge is 2.18. The lowest BCUT2D eigenvalue weighted by atomic mass is 9.90. The molecular formula is C23H48N2. The fourth-order valence-electron chi connectivity index (χ4n) is 1.94. The second kappa shape index (κ2) is 16.5. The molecule has 0 amide bonds. The molecule has 0 saturated heterocycles. The summed E-state index contributed by atoms with van der Waals surface area (Å²) in [4.78, 5) is 8.86. The Morgan fingerprint density at radius 2 is 0.760 bits per heavy atom. The predicted molar refractivity (Wildman–Crippen MR) is 117 cm³/mol. The van der Waals surface area contributed by atoms with Gasteiger partial charge in [0.25, 0.3) is 0 Å². The monoisotopic (exact) mass is 352 g/mol. The lowest BCUT2D eigenvalue weighted by Crippen LogP contribution is -2.09. The van der Waals surface area contributed by atoms with Gasteiger partial charge in [0.1, 0.15) is 6.33 Å². The minimum Gasteiger partial charge on any atom is -0.241 e. The van der Waals surface area contributed by atoms with Crippen LogP contribution in [-0.4, -0.2) is 9.97 Å². The highest BCUT2D eigenvalue weighted by molar-refractivity contribution is 5.31. The van der Waals surface area contributed by atoms with Crippen LogP contribution in [0.5, 0.6) is 0 Å². The molecule has 0 atom stereocenters. The molecule has 0 N–H and O–H groups in total. The first-order valence-corrected chi connectivity index (χ1v) is 10.3. The first-order valence-electron chi connectivity index (χ1n) is 10.3. The molecule has 0 aliphatic carbocycles. The molecule has 0 radical (unpaired) electrons. The molecule has 0 unspecified atom stereocenters. The van der Waals surface area contributed by atoms with Gasteiger partial charge in [-0.1, -0.05) is 96.9 Å². The third-order valence-corrected chi connectivity index (χ3v) is 2.62. The van der Waals surface area contributed by atoms with Crippen molar-refractivity contribution in [3.63, 3.8) is 0 Å². The van der Waals surface area contributed by atoms with Crippen LogP contribution in [0, 0.1) is 11.8 Å². The predicted octanol–water partition coefficient (Wildman–Crippen LogP) is 8.20. The van der Waals surface area contributed by atoms with E-state index >= 15 is 0 Å². The third kappa shape index (κ3) is 16.3. The zero-order valence-electron chi connectivity index (χ0n) is 19.9. The van der Waals surface area contributed by atoms with Crippen LogP contribution < -0.4 is 0 Å². The average molecular weight is 353 g/mol. The van der Waals surface area contributed by atoms with Crippen LogP contribution >= 0.6 is 0 Å². The maximum Gasteiger partial charge on any atom is 0.115 e. The molecule has 0 spiro atoms. The minimum atomic E-state index is 0.475. The Morgan fingerprint density at radius 1 is 0.520 bits per heavy atom. The van der Waals surface area contributed by atoms with E-state index in [9.17, 15) is 0 Å². The van der Waals surface area contributed by atoms with Crippen molar-refractivity contribution < 1.29 is 0 Å². The van der Waals surface area contributed by atoms with Crippen LogP contribution in [-0.2, 0) is 0 Å². The van der Waals surface area contributed by atoms with Crippen LogP contribution in [0.25, 0.3) is 0 Å². The van der Waals surface area contributed by atoms with Crippen molar-refractivity contribution in [1.82, 2.24) is 9.97 Å². The van der Waals surface area contributed by atoms with E-state index in [1.807, 2.05) is 13.8 Å². The van der Waals surface area contributed by atoms with E-state index in [0.29, 0.717) is 17.8 Å². The zero-order chi connectivity index (χ0) is 20.7. The number of aromatic nitrogens is 2. The maximum absolute atomic E-state index is 4.43. The molecule has 1 rings (SSSR count). The van der Waals surface area contributed by atoms with Gasteiger partial charge in [-0.05, 0) is 35.2 Å². The summed E-state index contributed by atoms with van der Waals surface area (Å²) in [6.45, 7) is 30.2. The van der Waals surface area contributed by atoms with Gasteiger partial charge in [-0.2, -0.15) is 0 Å². The van der Waals surface area contributed by atoms with Crippen molar-refractivity contribution in [3.05, 3.63) is 23.3 Å². The molecule has 25 heavy (non-hydrogen) atoms. The maximum atomic E-state index is 4.43. The van der Waals surface area contributed by atoms with Crippen LogP contribution in [0.2, 0.25) is 0 Å². The summed E-state index contributed by atoms with van der Waals surface area (Å²) < 4.78 is 0. The van der Waals surface area contributed by atoms with Crippen molar-refractivity contribution in [2.24, 2.45) is 11.8 Å². The summed E-state index contributed by atoms with van der Waals surface area (Å²) >= 11 is 0. The van der Waals surface area contributed by atoms with Crippen molar-refractivity contribution in [3.8, 4) is 0 Å². The highest BCUT2D eigenvalue weighted by atomic mass is 14.9. The van der Waals surface area contributed by atoms with Crippen LogP contribution in [0.15, 0.2) is 6.33 Å². The largest absolute Gasteiger partial charge is 0.241 e. The molecule has 0 aromatic carbocycles. The van der Waals surface area contributed by atoms with Gasteiger partial charge in [-0.15, -0.1) is 0 Å². The summed E-state index contributed by atoms with van der Waals surface area (Å²) in [5.74, 6) is 3.12. The van der Waals surface area contributed by atoms with Gasteiger partial charge in [-0.25, -0.2) is 9.97 Å². The van der Waals surface area contributed by atoms with Crippen molar-refractivity contribution >= 4 is 0 Å².